The van der Waals surface area contributed by atoms with Crippen molar-refractivity contribution in [2.45, 2.75) is 0 Å². The van der Waals surface area contributed by atoms with Crippen molar-refractivity contribution in [3.63, 3.8) is 0 Å². The molecule has 2 aromatic rings. The quantitative estimate of drug-likeness (QED) is 0.862. The third kappa shape index (κ3) is 4.20. The zero-order valence-electron chi connectivity index (χ0n) is 10.9. The van der Waals surface area contributed by atoms with Crippen molar-refractivity contribution in [2.75, 3.05) is 11.0 Å². The van der Waals surface area contributed by atoms with Crippen LogP contribution in [0.1, 0.15) is 15.9 Å². The lowest BCUT2D eigenvalue weighted by Gasteiger charge is -2.07. The van der Waals surface area contributed by atoms with Crippen molar-refractivity contribution in [3.8, 4) is 0 Å². The first-order valence-corrected chi connectivity index (χ1v) is 8.48. The first kappa shape index (κ1) is 15.8. The summed E-state index contributed by atoms with van der Waals surface area (Å²) < 4.78 is 24.5. The van der Waals surface area contributed by atoms with Crippen LogP contribution in [0.5, 0.6) is 0 Å². The summed E-state index contributed by atoms with van der Waals surface area (Å²) in [4.78, 5) is 12.3. The number of anilines is 1. The van der Waals surface area contributed by atoms with E-state index in [4.69, 9.17) is 23.2 Å². The Morgan fingerprint density at radius 2 is 1.67 bits per heavy atom. The van der Waals surface area contributed by atoms with E-state index in [9.17, 15) is 13.2 Å². The number of carbonyl (C=O) groups is 1. The van der Waals surface area contributed by atoms with Crippen molar-refractivity contribution in [3.05, 3.63) is 63.6 Å². The molecule has 0 aromatic heterocycles. The number of benzene rings is 2. The molecule has 0 aliphatic heterocycles. The number of ketones is 1. The highest BCUT2D eigenvalue weighted by Crippen LogP contribution is 2.24. The van der Waals surface area contributed by atoms with Gasteiger partial charge in [0.2, 0.25) is 10.0 Å². The number of hydrogen-bond acceptors (Lipinski definition) is 3. The number of halogens is 2. The van der Waals surface area contributed by atoms with Gasteiger partial charge in [-0.3, -0.25) is 9.52 Å². The molecule has 0 saturated carbocycles. The highest BCUT2D eigenvalue weighted by atomic mass is 35.5. The van der Waals surface area contributed by atoms with Crippen LogP contribution in [0.15, 0.2) is 42.5 Å². The van der Waals surface area contributed by atoms with Crippen molar-refractivity contribution in [1.82, 2.24) is 0 Å². The van der Waals surface area contributed by atoms with Crippen LogP contribution in [0.4, 0.5) is 5.69 Å². The molecule has 0 heterocycles. The van der Waals surface area contributed by atoms with Gasteiger partial charge in [0, 0.05) is 21.8 Å². The largest absolute Gasteiger partial charge is 0.289 e. The molecule has 0 fully saturated rings. The van der Waals surface area contributed by atoms with Gasteiger partial charge < -0.3 is 0 Å². The van der Waals surface area contributed by atoms with Crippen LogP contribution in [-0.4, -0.2) is 20.5 Å². The van der Waals surface area contributed by atoms with Crippen LogP contribution in [0.25, 0.3) is 0 Å². The second-order valence-corrected chi connectivity index (χ2v) is 7.00. The average molecular weight is 344 g/mol. The molecule has 110 valence electrons. The summed E-state index contributed by atoms with van der Waals surface area (Å²) >= 11 is 11.8. The summed E-state index contributed by atoms with van der Waals surface area (Å²) in [6.45, 7) is 0. The molecule has 7 heteroatoms. The molecule has 0 unspecified atom stereocenters. The van der Waals surface area contributed by atoms with E-state index in [1.807, 2.05) is 0 Å². The Morgan fingerprint density at radius 1 is 1.05 bits per heavy atom. The molecule has 0 saturated heterocycles. The number of carbonyl (C=O) groups excluding carboxylic acids is 1. The van der Waals surface area contributed by atoms with Crippen LogP contribution in [0.3, 0.4) is 0 Å². The molecule has 1 N–H and O–H groups in total. The van der Waals surface area contributed by atoms with Crippen LogP contribution in [0, 0.1) is 0 Å². The lowest BCUT2D eigenvalue weighted by atomic mass is 10.0. The molecule has 0 bridgehead atoms. The molecule has 0 aliphatic carbocycles. The summed E-state index contributed by atoms with van der Waals surface area (Å²) in [5.74, 6) is -0.284. The second kappa shape index (κ2) is 6.05. The van der Waals surface area contributed by atoms with Gasteiger partial charge in [0.1, 0.15) is 0 Å². The molecule has 0 aliphatic rings. The second-order valence-electron chi connectivity index (χ2n) is 4.40. The van der Waals surface area contributed by atoms with Crippen LogP contribution < -0.4 is 4.72 Å². The fourth-order valence-electron chi connectivity index (χ4n) is 1.73. The standard InChI is InChI=1S/C14H11Cl2NO3S/c1-21(19,20)17-11-5-2-9(3-6-11)14(18)12-8-10(15)4-7-13(12)16/h2-8,17H,1H3. The van der Waals surface area contributed by atoms with Gasteiger partial charge in [-0.1, -0.05) is 23.2 Å². The van der Waals surface area contributed by atoms with Gasteiger partial charge in [-0.25, -0.2) is 8.42 Å². The van der Waals surface area contributed by atoms with E-state index in [2.05, 4.69) is 4.72 Å². The topological polar surface area (TPSA) is 63.2 Å². The molecular formula is C14H11Cl2NO3S. The van der Waals surface area contributed by atoms with Gasteiger partial charge in [-0.05, 0) is 42.5 Å². The Morgan fingerprint density at radius 3 is 2.24 bits per heavy atom. The average Bonchev–Trinajstić information content (AvgIpc) is 2.40. The molecule has 2 rings (SSSR count). The fourth-order valence-corrected chi connectivity index (χ4v) is 2.67. The predicted octanol–water partition coefficient (Wildman–Crippen LogP) is 3.60. The third-order valence-corrected chi connectivity index (χ3v) is 3.79. The molecule has 0 amide bonds. The smallest absolute Gasteiger partial charge is 0.229 e. The number of hydrogen-bond donors (Lipinski definition) is 1. The molecule has 2 aromatic carbocycles. The first-order valence-electron chi connectivity index (χ1n) is 5.84. The maximum absolute atomic E-state index is 12.3. The molecule has 0 radical (unpaired) electrons. The summed E-state index contributed by atoms with van der Waals surface area (Å²) in [6.07, 6.45) is 1.05. The monoisotopic (exact) mass is 343 g/mol. The van der Waals surface area contributed by atoms with E-state index in [0.717, 1.165) is 6.26 Å². The van der Waals surface area contributed by atoms with Gasteiger partial charge in [0.15, 0.2) is 5.78 Å². The first-order chi connectivity index (χ1) is 9.76. The molecule has 21 heavy (non-hydrogen) atoms. The molecule has 0 atom stereocenters. The summed E-state index contributed by atoms with van der Waals surface area (Å²) in [5, 5.41) is 0.723. The molecular weight excluding hydrogens is 333 g/mol. The van der Waals surface area contributed by atoms with Gasteiger partial charge in [-0.2, -0.15) is 0 Å². The highest BCUT2D eigenvalue weighted by molar-refractivity contribution is 7.92. The van der Waals surface area contributed by atoms with Gasteiger partial charge >= 0.3 is 0 Å². The summed E-state index contributed by atoms with van der Waals surface area (Å²) in [5.41, 5.74) is 1.07. The zero-order valence-corrected chi connectivity index (χ0v) is 13.3. The Kier molecular flexibility index (Phi) is 4.56. The molecule has 0 spiro atoms. The minimum Gasteiger partial charge on any atom is -0.289 e. The maximum atomic E-state index is 12.3. The van der Waals surface area contributed by atoms with E-state index in [-0.39, 0.29) is 5.78 Å². The zero-order chi connectivity index (χ0) is 15.6. The van der Waals surface area contributed by atoms with E-state index < -0.39 is 10.0 Å². The maximum Gasteiger partial charge on any atom is 0.229 e. The third-order valence-electron chi connectivity index (χ3n) is 2.62. The van der Waals surface area contributed by atoms with Crippen molar-refractivity contribution < 1.29 is 13.2 Å². The lowest BCUT2D eigenvalue weighted by molar-refractivity contribution is 0.103. The Bertz CT molecular complexity index is 786. The minimum atomic E-state index is -3.35. The SMILES string of the molecule is CS(=O)(=O)Nc1ccc(C(=O)c2cc(Cl)ccc2Cl)cc1. The van der Waals surface area contributed by atoms with E-state index >= 15 is 0 Å². The number of sulfonamides is 1. The Hall–Kier alpha value is -1.56. The van der Waals surface area contributed by atoms with E-state index in [0.29, 0.717) is 26.9 Å². The number of nitrogens with one attached hydrogen (secondary N) is 1. The minimum absolute atomic E-state index is 0.284. The van der Waals surface area contributed by atoms with Crippen LogP contribution in [-0.2, 0) is 10.0 Å². The fraction of sp³-hybridized carbons (Fsp3) is 0.0714. The Balaban J connectivity index is 2.30. The van der Waals surface area contributed by atoms with Crippen LogP contribution >= 0.6 is 23.2 Å². The predicted molar refractivity (Wildman–Crippen MR) is 84.8 cm³/mol. The number of rotatable bonds is 4. The van der Waals surface area contributed by atoms with Crippen molar-refractivity contribution in [2.24, 2.45) is 0 Å². The van der Waals surface area contributed by atoms with Gasteiger partial charge in [-0.15, -0.1) is 0 Å². The highest BCUT2D eigenvalue weighted by Gasteiger charge is 2.13. The van der Waals surface area contributed by atoms with Crippen molar-refractivity contribution >= 4 is 44.7 Å². The van der Waals surface area contributed by atoms with Crippen LogP contribution in [0.2, 0.25) is 10.0 Å². The summed E-state index contributed by atoms with van der Waals surface area (Å²) in [7, 11) is -3.35. The van der Waals surface area contributed by atoms with Gasteiger partial charge in [0.25, 0.3) is 0 Å². The molecule has 4 nitrogen and oxygen atoms in total. The van der Waals surface area contributed by atoms with E-state index in [1.54, 1.807) is 12.1 Å². The lowest BCUT2D eigenvalue weighted by Crippen LogP contribution is -2.09. The van der Waals surface area contributed by atoms with E-state index in [1.165, 1.54) is 30.3 Å². The normalized spacial score (nSPS) is 11.2. The van der Waals surface area contributed by atoms with Crippen molar-refractivity contribution in [1.29, 1.82) is 0 Å². The summed E-state index contributed by atoms with van der Waals surface area (Å²) in [6, 6.07) is 10.7. The Labute approximate surface area is 132 Å². The van der Waals surface area contributed by atoms with Gasteiger partial charge in [0.05, 0.1) is 11.3 Å².